The Hall–Kier alpha value is -1.25. The minimum atomic E-state index is -0.221. The monoisotopic (exact) mass is 298 g/mol. The summed E-state index contributed by atoms with van der Waals surface area (Å²) in [6.45, 7) is 10.4. The van der Waals surface area contributed by atoms with Crippen molar-refractivity contribution < 1.29 is 4.79 Å². The summed E-state index contributed by atoms with van der Waals surface area (Å²) >= 11 is 1.31. The number of carbonyl (C=O) groups excluding carboxylic acids is 1. The molecule has 1 aromatic heterocycles. The normalized spacial score (nSPS) is 18.7. The van der Waals surface area contributed by atoms with E-state index < -0.39 is 0 Å². The fraction of sp³-hybridized carbons (Fsp3) is 0.750. The molecule has 0 unspecified atom stereocenters. The summed E-state index contributed by atoms with van der Waals surface area (Å²) in [4.78, 5) is 16.5. The van der Waals surface area contributed by atoms with Crippen LogP contribution in [0.25, 0.3) is 0 Å². The fourth-order valence-electron chi connectivity index (χ4n) is 2.26. The highest BCUT2D eigenvalue weighted by molar-refractivity contribution is 7.13. The van der Waals surface area contributed by atoms with Crippen molar-refractivity contribution in [1.82, 2.24) is 25.3 Å². The molecule has 7 nitrogen and oxygen atoms in total. The average Bonchev–Trinajstić information content (AvgIpc) is 2.97. The Labute approximate surface area is 123 Å². The highest BCUT2D eigenvalue weighted by Gasteiger charge is 2.20. The molecule has 0 aromatic carbocycles. The number of nitrogens with zero attached hydrogens (tertiary/aromatic N) is 4. The van der Waals surface area contributed by atoms with Gasteiger partial charge in [0.15, 0.2) is 0 Å². The van der Waals surface area contributed by atoms with E-state index in [1.54, 1.807) is 5.51 Å². The van der Waals surface area contributed by atoms with E-state index in [2.05, 4.69) is 44.5 Å². The molecule has 2 rings (SSSR count). The Kier molecular flexibility index (Phi) is 5.69. The molecule has 20 heavy (non-hydrogen) atoms. The van der Waals surface area contributed by atoms with E-state index in [0.29, 0.717) is 17.7 Å². The van der Waals surface area contributed by atoms with Gasteiger partial charge in [0, 0.05) is 38.8 Å². The Morgan fingerprint density at radius 1 is 1.45 bits per heavy atom. The molecular formula is C12H22N6OS. The molecule has 1 saturated heterocycles. The maximum absolute atomic E-state index is 11.7. The van der Waals surface area contributed by atoms with Crippen molar-refractivity contribution in [3.63, 3.8) is 0 Å². The number of rotatable bonds is 5. The quantitative estimate of drug-likeness (QED) is 0.836. The minimum absolute atomic E-state index is 0.221. The van der Waals surface area contributed by atoms with Gasteiger partial charge in [0.05, 0.1) is 0 Å². The molecule has 2 N–H and O–H groups in total. The van der Waals surface area contributed by atoms with Gasteiger partial charge in [-0.05, 0) is 13.5 Å². The van der Waals surface area contributed by atoms with Gasteiger partial charge in [-0.1, -0.05) is 18.3 Å². The highest BCUT2D eigenvalue weighted by Crippen LogP contribution is 2.08. The average molecular weight is 298 g/mol. The van der Waals surface area contributed by atoms with Crippen LogP contribution in [0.15, 0.2) is 5.51 Å². The van der Waals surface area contributed by atoms with Crippen LogP contribution in [-0.2, 0) is 0 Å². The fourth-order valence-corrected chi connectivity index (χ4v) is 2.70. The van der Waals surface area contributed by atoms with Gasteiger partial charge in [0.1, 0.15) is 5.51 Å². The summed E-state index contributed by atoms with van der Waals surface area (Å²) in [6, 6.07) is 0.120. The zero-order valence-electron chi connectivity index (χ0n) is 12.0. The first-order valence-corrected chi connectivity index (χ1v) is 7.84. The van der Waals surface area contributed by atoms with E-state index >= 15 is 0 Å². The Bertz CT molecular complexity index is 404. The lowest BCUT2D eigenvalue weighted by Gasteiger charge is -2.37. The van der Waals surface area contributed by atoms with Crippen LogP contribution < -0.4 is 10.6 Å². The smallest absolute Gasteiger partial charge is 0.321 e. The molecule has 0 saturated carbocycles. The lowest BCUT2D eigenvalue weighted by atomic mass is 10.2. The molecule has 0 aliphatic carbocycles. The molecule has 0 radical (unpaired) electrons. The van der Waals surface area contributed by atoms with Crippen LogP contribution in [0.3, 0.4) is 0 Å². The lowest BCUT2D eigenvalue weighted by molar-refractivity contribution is 0.106. The second kappa shape index (κ2) is 7.51. The van der Waals surface area contributed by atoms with E-state index in [-0.39, 0.29) is 6.03 Å². The molecule has 1 aliphatic rings. The van der Waals surface area contributed by atoms with E-state index in [9.17, 15) is 4.79 Å². The summed E-state index contributed by atoms with van der Waals surface area (Å²) in [6.07, 6.45) is 0. The minimum Gasteiger partial charge on any atom is -0.336 e. The van der Waals surface area contributed by atoms with E-state index in [0.717, 1.165) is 32.7 Å². The van der Waals surface area contributed by atoms with Crippen LogP contribution in [0.1, 0.15) is 13.8 Å². The molecule has 112 valence electrons. The van der Waals surface area contributed by atoms with Crippen LogP contribution in [0.5, 0.6) is 0 Å². The van der Waals surface area contributed by atoms with Crippen molar-refractivity contribution >= 4 is 22.5 Å². The Morgan fingerprint density at radius 3 is 2.80 bits per heavy atom. The number of anilines is 1. The lowest BCUT2D eigenvalue weighted by Crippen LogP contribution is -2.52. The number of amides is 2. The molecule has 1 fully saturated rings. The van der Waals surface area contributed by atoms with Crippen molar-refractivity contribution in [2.24, 2.45) is 0 Å². The maximum Gasteiger partial charge on any atom is 0.321 e. The van der Waals surface area contributed by atoms with Crippen LogP contribution in [0, 0.1) is 0 Å². The first kappa shape index (κ1) is 15.1. The summed E-state index contributed by atoms with van der Waals surface area (Å²) in [5.74, 6) is 0. The van der Waals surface area contributed by atoms with Crippen molar-refractivity contribution in [3.05, 3.63) is 5.51 Å². The molecule has 1 atom stereocenters. The first-order chi connectivity index (χ1) is 9.69. The van der Waals surface area contributed by atoms with Gasteiger partial charge >= 0.3 is 6.03 Å². The Balaban J connectivity index is 1.67. The summed E-state index contributed by atoms with van der Waals surface area (Å²) in [5.41, 5.74) is 1.59. The zero-order chi connectivity index (χ0) is 14.4. The molecule has 0 bridgehead atoms. The van der Waals surface area contributed by atoms with Gasteiger partial charge < -0.3 is 10.2 Å². The van der Waals surface area contributed by atoms with Gasteiger partial charge in [-0.15, -0.1) is 10.2 Å². The van der Waals surface area contributed by atoms with Gasteiger partial charge in [0.25, 0.3) is 0 Å². The van der Waals surface area contributed by atoms with Crippen LogP contribution >= 0.6 is 11.3 Å². The van der Waals surface area contributed by atoms with E-state index in [1.807, 2.05) is 0 Å². The molecule has 0 spiro atoms. The second-order valence-electron chi connectivity index (χ2n) is 4.90. The number of nitrogens with one attached hydrogen (secondary N) is 2. The highest BCUT2D eigenvalue weighted by atomic mass is 32.1. The van der Waals surface area contributed by atoms with Gasteiger partial charge in [-0.2, -0.15) is 0 Å². The predicted octanol–water partition coefficient (Wildman–Crippen LogP) is 0.686. The summed E-state index contributed by atoms with van der Waals surface area (Å²) in [7, 11) is 0. The van der Waals surface area contributed by atoms with Crippen molar-refractivity contribution in [3.8, 4) is 0 Å². The molecule has 2 heterocycles. The predicted molar refractivity (Wildman–Crippen MR) is 80.1 cm³/mol. The molecule has 2 amide bonds. The van der Waals surface area contributed by atoms with Crippen LogP contribution in [-0.4, -0.2) is 71.3 Å². The third-order valence-corrected chi connectivity index (χ3v) is 4.22. The second-order valence-corrected chi connectivity index (χ2v) is 5.73. The number of hydrogen-bond donors (Lipinski definition) is 2. The molecule has 1 aromatic rings. The summed E-state index contributed by atoms with van der Waals surface area (Å²) in [5, 5.41) is 13.5. The number of aromatic nitrogens is 2. The molecule has 1 aliphatic heterocycles. The largest absolute Gasteiger partial charge is 0.336 e. The number of urea groups is 1. The standard InChI is InChI=1S/C12H22N6OS/c1-3-17-4-6-18(7-5-17)10(2)8-13-11(19)15-12-16-14-9-20-12/h9-10H,3-8H2,1-2H3,(H2,13,15,16,19)/t10-/m0/s1. The maximum atomic E-state index is 11.7. The SMILES string of the molecule is CCN1CCN([C@@H](C)CNC(=O)Nc2nncs2)CC1. The first-order valence-electron chi connectivity index (χ1n) is 6.96. The van der Waals surface area contributed by atoms with Crippen molar-refractivity contribution in [2.75, 3.05) is 44.6 Å². The Morgan fingerprint density at radius 2 is 2.20 bits per heavy atom. The van der Waals surface area contributed by atoms with Gasteiger partial charge in [-0.3, -0.25) is 10.2 Å². The van der Waals surface area contributed by atoms with Crippen LogP contribution in [0.2, 0.25) is 0 Å². The third kappa shape index (κ3) is 4.39. The molecular weight excluding hydrogens is 276 g/mol. The van der Waals surface area contributed by atoms with Gasteiger partial charge in [0.2, 0.25) is 5.13 Å². The number of hydrogen-bond acceptors (Lipinski definition) is 6. The van der Waals surface area contributed by atoms with Gasteiger partial charge in [-0.25, -0.2) is 4.79 Å². The topological polar surface area (TPSA) is 73.4 Å². The number of piperazine rings is 1. The van der Waals surface area contributed by atoms with Crippen molar-refractivity contribution in [1.29, 1.82) is 0 Å². The zero-order valence-corrected chi connectivity index (χ0v) is 12.8. The number of likely N-dealkylation sites (N-methyl/N-ethyl adjacent to an activating group) is 1. The van der Waals surface area contributed by atoms with E-state index in [1.165, 1.54) is 11.3 Å². The molecule has 8 heteroatoms. The van der Waals surface area contributed by atoms with Crippen molar-refractivity contribution in [2.45, 2.75) is 19.9 Å². The summed E-state index contributed by atoms with van der Waals surface area (Å²) < 4.78 is 0. The number of carbonyl (C=O) groups is 1. The third-order valence-electron chi connectivity index (χ3n) is 3.62. The van der Waals surface area contributed by atoms with E-state index in [4.69, 9.17) is 0 Å². The van der Waals surface area contributed by atoms with Crippen LogP contribution in [0.4, 0.5) is 9.93 Å².